The maximum atomic E-state index is 10.5. The lowest BCUT2D eigenvalue weighted by Crippen LogP contribution is -2.17. The maximum absolute atomic E-state index is 10.5. The zero-order valence-corrected chi connectivity index (χ0v) is 10.7. The molecule has 0 aliphatic rings. The minimum Gasteiger partial charge on any atom is -0.387 e. The van der Waals surface area contributed by atoms with Gasteiger partial charge in [0, 0.05) is 6.54 Å². The Bertz CT molecular complexity index is 254. The molecule has 15 heavy (non-hydrogen) atoms. The number of aliphatic imine (C=N–C) groups is 1. The van der Waals surface area contributed by atoms with Gasteiger partial charge in [0.15, 0.2) is 0 Å². The van der Waals surface area contributed by atoms with E-state index in [1.54, 1.807) is 0 Å². The highest BCUT2D eigenvalue weighted by Crippen LogP contribution is 2.49. The van der Waals surface area contributed by atoms with Gasteiger partial charge in [-0.15, -0.1) is 0 Å². The summed E-state index contributed by atoms with van der Waals surface area (Å²) >= 11 is 0.506. The summed E-state index contributed by atoms with van der Waals surface area (Å²) in [6.45, 7) is -2.52. The first-order valence-electron chi connectivity index (χ1n) is 4.45. The van der Waals surface area contributed by atoms with Gasteiger partial charge < -0.3 is 20.4 Å². The molecule has 0 aliphatic carbocycles. The predicted octanol–water partition coefficient (Wildman–Crippen LogP) is 0.121. The molecule has 0 saturated carbocycles. The molecular weight excluding hydrogens is 237 g/mol. The van der Waals surface area contributed by atoms with Crippen molar-refractivity contribution in [3.8, 4) is 0 Å². The Kier molecular flexibility index (Phi) is 7.21. The fraction of sp³-hybridized carbons (Fsp3) is 0.857. The van der Waals surface area contributed by atoms with E-state index in [2.05, 4.69) is 4.99 Å². The zero-order valence-electron chi connectivity index (χ0n) is 8.96. The first-order valence-corrected chi connectivity index (χ1v) is 7.65. The molecule has 0 rings (SSSR count). The van der Waals surface area contributed by atoms with Crippen LogP contribution in [0.2, 0.25) is 0 Å². The van der Waals surface area contributed by atoms with Gasteiger partial charge >= 0.3 is 6.80 Å². The largest absolute Gasteiger partial charge is 0.387 e. The highest BCUT2D eigenvalue weighted by Gasteiger charge is 2.13. The van der Waals surface area contributed by atoms with E-state index in [0.29, 0.717) is 17.9 Å². The van der Waals surface area contributed by atoms with Gasteiger partial charge in [0.25, 0.3) is 0 Å². The summed E-state index contributed by atoms with van der Waals surface area (Å²) in [5.74, 6) is 0.355. The summed E-state index contributed by atoms with van der Waals surface area (Å²) in [5.41, 5.74) is 5.47. The second-order valence-electron chi connectivity index (χ2n) is 3.29. The fourth-order valence-corrected chi connectivity index (χ4v) is 2.10. The minimum atomic E-state index is -4.03. The molecule has 0 amide bonds. The molecule has 0 heterocycles. The molecule has 0 unspecified atom stereocenters. The second-order valence-corrected chi connectivity index (χ2v) is 7.02. The van der Waals surface area contributed by atoms with Crippen LogP contribution in [0.1, 0.15) is 6.42 Å². The normalized spacial score (nSPS) is 13.5. The van der Waals surface area contributed by atoms with Gasteiger partial charge in [-0.2, -0.15) is 0 Å². The monoisotopic (exact) mass is 255 g/mol. The molecule has 90 valence electrons. The molecule has 4 N–H and O–H groups in total. The van der Waals surface area contributed by atoms with Gasteiger partial charge in [-0.05, 0) is 38.4 Å². The van der Waals surface area contributed by atoms with E-state index >= 15 is 0 Å². The molecule has 8 heteroatoms. The lowest BCUT2D eigenvalue weighted by Gasteiger charge is -2.07. The Morgan fingerprint density at radius 3 is 2.60 bits per heavy atom. The SMILES string of the molecule is CN(C)CCCN=C(N)CSP(=O)(O)O. The van der Waals surface area contributed by atoms with E-state index in [1.165, 1.54) is 0 Å². The van der Waals surface area contributed by atoms with Crippen LogP contribution in [0.4, 0.5) is 0 Å². The Labute approximate surface area is 93.8 Å². The van der Waals surface area contributed by atoms with Crippen LogP contribution in [-0.4, -0.2) is 53.5 Å². The molecule has 0 aromatic carbocycles. The highest BCUT2D eigenvalue weighted by molar-refractivity contribution is 8.54. The minimum absolute atomic E-state index is 0.0756. The van der Waals surface area contributed by atoms with Crippen molar-refractivity contribution < 1.29 is 14.4 Å². The van der Waals surface area contributed by atoms with E-state index in [4.69, 9.17) is 15.5 Å². The van der Waals surface area contributed by atoms with Crippen LogP contribution in [0.25, 0.3) is 0 Å². The predicted molar refractivity (Wildman–Crippen MR) is 64.2 cm³/mol. The van der Waals surface area contributed by atoms with Crippen molar-refractivity contribution in [2.45, 2.75) is 6.42 Å². The van der Waals surface area contributed by atoms with Crippen molar-refractivity contribution >= 4 is 24.0 Å². The summed E-state index contributed by atoms with van der Waals surface area (Å²) < 4.78 is 10.5. The quantitative estimate of drug-likeness (QED) is 0.259. The fourth-order valence-electron chi connectivity index (χ4n) is 0.805. The smallest absolute Gasteiger partial charge is 0.384 e. The summed E-state index contributed by atoms with van der Waals surface area (Å²) in [7, 11) is 3.94. The van der Waals surface area contributed by atoms with Crippen LogP contribution in [-0.2, 0) is 4.57 Å². The van der Waals surface area contributed by atoms with Crippen molar-refractivity contribution in [2.75, 3.05) is 32.9 Å². The van der Waals surface area contributed by atoms with Crippen molar-refractivity contribution in [1.82, 2.24) is 4.90 Å². The number of rotatable bonds is 7. The number of hydrogen-bond acceptors (Lipinski definition) is 4. The average molecular weight is 255 g/mol. The molecule has 0 aromatic heterocycles. The van der Waals surface area contributed by atoms with Crippen LogP contribution in [0.3, 0.4) is 0 Å². The first kappa shape index (κ1) is 14.9. The highest BCUT2D eigenvalue weighted by atomic mass is 32.7. The summed E-state index contributed by atoms with van der Waals surface area (Å²) in [6, 6.07) is 0. The Morgan fingerprint density at radius 2 is 2.13 bits per heavy atom. The third-order valence-electron chi connectivity index (χ3n) is 1.46. The van der Waals surface area contributed by atoms with Crippen LogP contribution < -0.4 is 5.73 Å². The topological polar surface area (TPSA) is 99.2 Å². The van der Waals surface area contributed by atoms with Gasteiger partial charge in [-0.1, -0.05) is 0 Å². The average Bonchev–Trinajstić information content (AvgIpc) is 2.07. The van der Waals surface area contributed by atoms with E-state index in [9.17, 15) is 4.57 Å². The third-order valence-corrected chi connectivity index (χ3v) is 3.62. The van der Waals surface area contributed by atoms with Gasteiger partial charge in [0.2, 0.25) is 0 Å². The van der Waals surface area contributed by atoms with Crippen LogP contribution in [0.5, 0.6) is 0 Å². The molecule has 0 saturated heterocycles. The van der Waals surface area contributed by atoms with Crippen molar-refractivity contribution in [3.05, 3.63) is 0 Å². The lowest BCUT2D eigenvalue weighted by atomic mass is 10.4. The van der Waals surface area contributed by atoms with Crippen molar-refractivity contribution in [3.63, 3.8) is 0 Å². The molecule has 0 spiro atoms. The van der Waals surface area contributed by atoms with Crippen LogP contribution in [0, 0.1) is 0 Å². The van der Waals surface area contributed by atoms with E-state index in [0.717, 1.165) is 13.0 Å². The lowest BCUT2D eigenvalue weighted by molar-refractivity contribution is 0.397. The number of nitrogens with zero attached hydrogens (tertiary/aromatic N) is 2. The third kappa shape index (κ3) is 11.9. The zero-order chi connectivity index (χ0) is 11.9. The van der Waals surface area contributed by atoms with Gasteiger partial charge in [0.05, 0.1) is 5.75 Å². The standard InChI is InChI=1S/C7H18N3O3PS/c1-10(2)5-3-4-9-7(8)6-15-14(11,12)13/h3-6H2,1-2H3,(H2,8,9)(H2,11,12,13). The van der Waals surface area contributed by atoms with Gasteiger partial charge in [-0.3, -0.25) is 4.99 Å². The molecule has 0 aromatic rings. The molecule has 0 atom stereocenters. The molecule has 6 nitrogen and oxygen atoms in total. The summed E-state index contributed by atoms with van der Waals surface area (Å²) in [4.78, 5) is 23.2. The van der Waals surface area contributed by atoms with Crippen LogP contribution in [0.15, 0.2) is 4.99 Å². The van der Waals surface area contributed by atoms with E-state index in [-0.39, 0.29) is 11.6 Å². The Hall–Kier alpha value is -0.0700. The molecule has 0 fully saturated rings. The van der Waals surface area contributed by atoms with Crippen molar-refractivity contribution in [1.29, 1.82) is 0 Å². The number of amidine groups is 1. The van der Waals surface area contributed by atoms with E-state index in [1.807, 2.05) is 19.0 Å². The summed E-state index contributed by atoms with van der Waals surface area (Å²) in [6.07, 6.45) is 0.883. The number of nitrogens with two attached hydrogens (primary N) is 1. The number of hydrogen-bond donors (Lipinski definition) is 3. The van der Waals surface area contributed by atoms with Gasteiger partial charge in [-0.25, -0.2) is 4.57 Å². The van der Waals surface area contributed by atoms with Crippen LogP contribution >= 0.6 is 18.2 Å². The van der Waals surface area contributed by atoms with Gasteiger partial charge in [0.1, 0.15) is 5.84 Å². The maximum Gasteiger partial charge on any atom is 0.384 e. The molecule has 0 bridgehead atoms. The second kappa shape index (κ2) is 7.24. The Morgan fingerprint density at radius 1 is 1.53 bits per heavy atom. The first-order chi connectivity index (χ1) is 6.81. The molecule has 0 aliphatic heterocycles. The van der Waals surface area contributed by atoms with E-state index < -0.39 is 6.80 Å². The molecular formula is C7H18N3O3PS. The van der Waals surface area contributed by atoms with Crippen molar-refractivity contribution in [2.24, 2.45) is 10.7 Å². The Balaban J connectivity index is 3.66. The summed E-state index contributed by atoms with van der Waals surface area (Å²) in [5, 5.41) is 0. The molecule has 0 radical (unpaired) electrons.